The van der Waals surface area contributed by atoms with Gasteiger partial charge in [0.25, 0.3) is 0 Å². The average molecular weight is 275 g/mol. The molecule has 2 rings (SSSR count). The molecule has 1 aliphatic rings. The fourth-order valence-electron chi connectivity index (χ4n) is 3.42. The van der Waals surface area contributed by atoms with Crippen LogP contribution in [0.5, 0.6) is 0 Å². The van der Waals surface area contributed by atoms with E-state index < -0.39 is 0 Å². The number of hydrogen-bond acceptors (Lipinski definition) is 3. The van der Waals surface area contributed by atoms with Gasteiger partial charge in [-0.2, -0.15) is 0 Å². The Morgan fingerprint density at radius 3 is 2.10 bits per heavy atom. The molecule has 0 aliphatic carbocycles. The number of anilines is 1. The molecule has 0 aromatic heterocycles. The van der Waals surface area contributed by atoms with Crippen molar-refractivity contribution >= 4 is 5.69 Å². The molecule has 3 heteroatoms. The zero-order valence-corrected chi connectivity index (χ0v) is 13.0. The summed E-state index contributed by atoms with van der Waals surface area (Å²) < 4.78 is 0. The number of para-hydroxylation sites is 1. The number of rotatable bonds is 6. The monoisotopic (exact) mass is 275 g/mol. The van der Waals surface area contributed by atoms with Gasteiger partial charge in [0.1, 0.15) is 0 Å². The molecule has 0 amide bonds. The summed E-state index contributed by atoms with van der Waals surface area (Å²) in [6.45, 7) is 9.85. The highest BCUT2D eigenvalue weighted by Gasteiger charge is 2.27. The van der Waals surface area contributed by atoms with E-state index >= 15 is 0 Å². The number of hydrogen-bond donors (Lipinski definition) is 1. The van der Waals surface area contributed by atoms with Crippen molar-refractivity contribution in [2.24, 2.45) is 11.7 Å². The van der Waals surface area contributed by atoms with Gasteiger partial charge in [0.15, 0.2) is 0 Å². The summed E-state index contributed by atoms with van der Waals surface area (Å²) in [6, 6.07) is 11.3. The van der Waals surface area contributed by atoms with E-state index in [9.17, 15) is 0 Å². The molecule has 1 unspecified atom stereocenters. The van der Waals surface area contributed by atoms with Crippen molar-refractivity contribution in [2.45, 2.75) is 32.7 Å². The van der Waals surface area contributed by atoms with Gasteiger partial charge in [-0.15, -0.1) is 0 Å². The lowest BCUT2D eigenvalue weighted by Crippen LogP contribution is -2.54. The predicted molar refractivity (Wildman–Crippen MR) is 87.1 cm³/mol. The van der Waals surface area contributed by atoms with Crippen molar-refractivity contribution in [2.75, 3.05) is 37.6 Å². The van der Waals surface area contributed by atoms with Crippen LogP contribution in [-0.2, 0) is 0 Å². The Morgan fingerprint density at radius 1 is 1.00 bits per heavy atom. The first-order chi connectivity index (χ1) is 9.80. The topological polar surface area (TPSA) is 32.5 Å². The summed E-state index contributed by atoms with van der Waals surface area (Å²) in [5.41, 5.74) is 7.39. The highest BCUT2D eigenvalue weighted by molar-refractivity contribution is 5.46. The van der Waals surface area contributed by atoms with Crippen molar-refractivity contribution < 1.29 is 0 Å². The van der Waals surface area contributed by atoms with Crippen LogP contribution in [0.3, 0.4) is 0 Å². The van der Waals surface area contributed by atoms with Gasteiger partial charge in [-0.3, -0.25) is 4.90 Å². The molecule has 0 bridgehead atoms. The fourth-order valence-corrected chi connectivity index (χ4v) is 3.42. The summed E-state index contributed by atoms with van der Waals surface area (Å²) in [5.74, 6) is 0.739. The molecular formula is C17H29N3. The third kappa shape index (κ3) is 3.53. The second-order valence-electron chi connectivity index (χ2n) is 5.74. The summed E-state index contributed by atoms with van der Waals surface area (Å²) in [7, 11) is 0. The van der Waals surface area contributed by atoms with Gasteiger partial charge in [-0.25, -0.2) is 0 Å². The first-order valence-electron chi connectivity index (χ1n) is 8.04. The minimum atomic E-state index is 0.558. The van der Waals surface area contributed by atoms with Crippen molar-refractivity contribution in [1.29, 1.82) is 0 Å². The van der Waals surface area contributed by atoms with E-state index in [0.717, 1.165) is 38.6 Å². The number of piperazine rings is 1. The van der Waals surface area contributed by atoms with Crippen LogP contribution in [0.4, 0.5) is 5.69 Å². The van der Waals surface area contributed by atoms with Gasteiger partial charge in [-0.05, 0) is 18.1 Å². The largest absolute Gasteiger partial charge is 0.369 e. The molecule has 0 radical (unpaired) electrons. The molecule has 1 saturated heterocycles. The molecule has 1 heterocycles. The van der Waals surface area contributed by atoms with E-state index in [1.165, 1.54) is 18.5 Å². The molecule has 1 atom stereocenters. The zero-order chi connectivity index (χ0) is 14.4. The molecule has 1 aliphatic heterocycles. The van der Waals surface area contributed by atoms with Crippen LogP contribution >= 0.6 is 0 Å². The van der Waals surface area contributed by atoms with Gasteiger partial charge in [-0.1, -0.05) is 44.9 Å². The molecule has 3 nitrogen and oxygen atoms in total. The van der Waals surface area contributed by atoms with Crippen LogP contribution in [0.1, 0.15) is 26.7 Å². The van der Waals surface area contributed by atoms with Crippen LogP contribution in [0, 0.1) is 5.92 Å². The lowest BCUT2D eigenvalue weighted by Gasteiger charge is -2.42. The molecule has 112 valence electrons. The second-order valence-corrected chi connectivity index (χ2v) is 5.74. The predicted octanol–water partition coefficient (Wildman–Crippen LogP) is 2.57. The van der Waals surface area contributed by atoms with E-state index in [1.807, 2.05) is 0 Å². The normalized spacial score (nSPS) is 18.5. The second kappa shape index (κ2) is 7.65. The molecule has 0 spiro atoms. The Hall–Kier alpha value is -1.06. The zero-order valence-electron chi connectivity index (χ0n) is 13.0. The maximum atomic E-state index is 6.05. The van der Waals surface area contributed by atoms with Crippen molar-refractivity contribution in [3.63, 3.8) is 0 Å². The third-order valence-electron chi connectivity index (χ3n) is 4.74. The molecule has 1 aromatic rings. The van der Waals surface area contributed by atoms with Gasteiger partial charge in [0.2, 0.25) is 0 Å². The van der Waals surface area contributed by atoms with Crippen molar-refractivity contribution in [3.8, 4) is 0 Å². The van der Waals surface area contributed by atoms with Crippen LogP contribution in [-0.4, -0.2) is 43.7 Å². The van der Waals surface area contributed by atoms with Crippen LogP contribution in [0.15, 0.2) is 30.3 Å². The quantitative estimate of drug-likeness (QED) is 0.866. The lowest BCUT2D eigenvalue weighted by molar-refractivity contribution is 0.132. The summed E-state index contributed by atoms with van der Waals surface area (Å²) in [5, 5.41) is 0. The van der Waals surface area contributed by atoms with Crippen LogP contribution in [0.2, 0.25) is 0 Å². The SMILES string of the molecule is CCC(CC)C(CN)N1CCN(c2ccccc2)CC1. The van der Waals surface area contributed by atoms with E-state index in [1.54, 1.807) is 0 Å². The maximum absolute atomic E-state index is 6.05. The highest BCUT2D eigenvalue weighted by Crippen LogP contribution is 2.21. The highest BCUT2D eigenvalue weighted by atomic mass is 15.3. The number of benzene rings is 1. The van der Waals surface area contributed by atoms with Gasteiger partial charge in [0.05, 0.1) is 0 Å². The van der Waals surface area contributed by atoms with Gasteiger partial charge >= 0.3 is 0 Å². The van der Waals surface area contributed by atoms with Crippen molar-refractivity contribution in [3.05, 3.63) is 30.3 Å². The first kappa shape index (κ1) is 15.3. The number of nitrogens with zero attached hydrogens (tertiary/aromatic N) is 2. The Kier molecular flexibility index (Phi) is 5.86. The molecule has 1 aromatic carbocycles. The minimum Gasteiger partial charge on any atom is -0.369 e. The lowest BCUT2D eigenvalue weighted by atomic mass is 9.92. The minimum absolute atomic E-state index is 0.558. The summed E-state index contributed by atoms with van der Waals surface area (Å²) in [4.78, 5) is 5.09. The van der Waals surface area contributed by atoms with Gasteiger partial charge in [0, 0.05) is 44.5 Å². The first-order valence-corrected chi connectivity index (χ1v) is 8.04. The molecule has 0 saturated carbocycles. The smallest absolute Gasteiger partial charge is 0.0367 e. The molecular weight excluding hydrogens is 246 g/mol. The van der Waals surface area contributed by atoms with E-state index in [0.29, 0.717) is 6.04 Å². The Bertz CT molecular complexity index is 367. The van der Waals surface area contributed by atoms with E-state index in [-0.39, 0.29) is 0 Å². The standard InChI is InChI=1S/C17H29N3/c1-3-15(4-2)17(14-18)20-12-10-19(11-13-20)16-8-6-5-7-9-16/h5-9,15,17H,3-4,10-14,18H2,1-2H3. The average Bonchev–Trinajstić information content (AvgIpc) is 2.53. The molecule has 2 N–H and O–H groups in total. The summed E-state index contributed by atoms with van der Waals surface area (Å²) >= 11 is 0. The molecule has 1 fully saturated rings. The van der Waals surface area contributed by atoms with Gasteiger partial charge < -0.3 is 10.6 Å². The fraction of sp³-hybridized carbons (Fsp3) is 0.647. The van der Waals surface area contributed by atoms with E-state index in [4.69, 9.17) is 5.73 Å². The molecule has 20 heavy (non-hydrogen) atoms. The van der Waals surface area contributed by atoms with Crippen LogP contribution < -0.4 is 10.6 Å². The van der Waals surface area contributed by atoms with Crippen LogP contribution in [0.25, 0.3) is 0 Å². The maximum Gasteiger partial charge on any atom is 0.0367 e. The Labute approximate surface area is 123 Å². The Morgan fingerprint density at radius 2 is 1.60 bits per heavy atom. The third-order valence-corrected chi connectivity index (χ3v) is 4.74. The van der Waals surface area contributed by atoms with E-state index in [2.05, 4.69) is 54.0 Å². The summed E-state index contributed by atoms with van der Waals surface area (Å²) in [6.07, 6.45) is 2.47. The Balaban J connectivity index is 1.93. The number of nitrogens with two attached hydrogens (primary N) is 1. The van der Waals surface area contributed by atoms with Crippen molar-refractivity contribution in [1.82, 2.24) is 4.90 Å².